The molecule has 3 nitrogen and oxygen atoms in total. The van der Waals surface area contributed by atoms with Gasteiger partial charge in [-0.15, -0.1) is 0 Å². The van der Waals surface area contributed by atoms with Crippen molar-refractivity contribution in [2.75, 3.05) is 0 Å². The number of rotatable bonds is 3. The fraction of sp³-hybridized carbons (Fsp3) is 0. The molecule has 0 saturated carbocycles. The van der Waals surface area contributed by atoms with E-state index >= 15 is 0 Å². The van der Waals surface area contributed by atoms with Crippen LogP contribution in [0.4, 0.5) is 0 Å². The van der Waals surface area contributed by atoms with Crippen molar-refractivity contribution in [3.05, 3.63) is 68.6 Å². The number of hydrogen-bond donors (Lipinski definition) is 1. The van der Waals surface area contributed by atoms with E-state index in [1.54, 1.807) is 18.3 Å². The summed E-state index contributed by atoms with van der Waals surface area (Å²) in [6.07, 6.45) is 1.60. The fourth-order valence-corrected chi connectivity index (χ4v) is 2.10. The van der Waals surface area contributed by atoms with Crippen LogP contribution >= 0.6 is 31.9 Å². The van der Waals surface area contributed by atoms with Gasteiger partial charge in [-0.25, -0.2) is 5.43 Å². The minimum atomic E-state index is -0.237. The number of amides is 1. The minimum Gasteiger partial charge on any atom is -0.267 e. The molecule has 0 radical (unpaired) electrons. The molecule has 0 atom stereocenters. The van der Waals surface area contributed by atoms with Gasteiger partial charge in [-0.05, 0) is 42.0 Å². The average molecular weight is 382 g/mol. The Bertz CT molecular complexity index is 609. The van der Waals surface area contributed by atoms with Gasteiger partial charge < -0.3 is 0 Å². The second-order valence-electron chi connectivity index (χ2n) is 3.76. The summed E-state index contributed by atoms with van der Waals surface area (Å²) >= 11 is 6.69. The van der Waals surface area contributed by atoms with E-state index in [9.17, 15) is 4.79 Å². The second-order valence-corrected chi connectivity index (χ2v) is 5.59. The molecule has 0 spiro atoms. The van der Waals surface area contributed by atoms with Crippen LogP contribution in [0.25, 0.3) is 0 Å². The number of benzene rings is 2. The van der Waals surface area contributed by atoms with Gasteiger partial charge in [0.1, 0.15) is 0 Å². The predicted molar refractivity (Wildman–Crippen MR) is 83.3 cm³/mol. The quantitative estimate of drug-likeness (QED) is 0.634. The molecule has 0 saturated heterocycles. The molecule has 0 aliphatic heterocycles. The molecule has 5 heteroatoms. The Balaban J connectivity index is 1.98. The lowest BCUT2D eigenvalue weighted by Crippen LogP contribution is -2.17. The lowest BCUT2D eigenvalue weighted by molar-refractivity contribution is 0.0955. The summed E-state index contributed by atoms with van der Waals surface area (Å²) in [5.41, 5.74) is 3.96. The summed E-state index contributed by atoms with van der Waals surface area (Å²) < 4.78 is 1.90. The van der Waals surface area contributed by atoms with Crippen LogP contribution in [0, 0.1) is 0 Å². The number of carbonyl (C=O) groups excluding carboxylic acids is 1. The highest BCUT2D eigenvalue weighted by Crippen LogP contribution is 2.11. The summed E-state index contributed by atoms with van der Waals surface area (Å²) in [5.74, 6) is -0.237. The summed E-state index contributed by atoms with van der Waals surface area (Å²) in [6, 6.07) is 14.7. The maximum Gasteiger partial charge on any atom is 0.271 e. The van der Waals surface area contributed by atoms with Crippen molar-refractivity contribution < 1.29 is 4.79 Å². The number of hydrogen-bond acceptors (Lipinski definition) is 2. The van der Waals surface area contributed by atoms with Gasteiger partial charge in [0.2, 0.25) is 0 Å². The van der Waals surface area contributed by atoms with E-state index in [1.165, 1.54) is 0 Å². The predicted octanol–water partition coefficient (Wildman–Crippen LogP) is 3.98. The maximum atomic E-state index is 11.8. The monoisotopic (exact) mass is 380 g/mol. The van der Waals surface area contributed by atoms with E-state index in [0.29, 0.717) is 5.56 Å². The molecule has 2 rings (SSSR count). The van der Waals surface area contributed by atoms with Crippen molar-refractivity contribution in [2.24, 2.45) is 5.10 Å². The van der Waals surface area contributed by atoms with Crippen LogP contribution in [-0.2, 0) is 0 Å². The Morgan fingerprint density at radius 1 is 1.05 bits per heavy atom. The molecule has 1 amide bonds. The van der Waals surface area contributed by atoms with E-state index < -0.39 is 0 Å². The molecule has 0 unspecified atom stereocenters. The molecule has 19 heavy (non-hydrogen) atoms. The molecule has 1 N–H and O–H groups in total. The zero-order chi connectivity index (χ0) is 13.7. The van der Waals surface area contributed by atoms with Crippen LogP contribution in [0.3, 0.4) is 0 Å². The molecule has 2 aromatic carbocycles. The maximum absolute atomic E-state index is 11.8. The lowest BCUT2D eigenvalue weighted by Gasteiger charge is -2.00. The van der Waals surface area contributed by atoms with Crippen molar-refractivity contribution in [1.29, 1.82) is 0 Å². The van der Waals surface area contributed by atoms with Crippen LogP contribution in [0.5, 0.6) is 0 Å². The van der Waals surface area contributed by atoms with E-state index in [-0.39, 0.29) is 5.91 Å². The molecule has 2 aromatic rings. The smallest absolute Gasteiger partial charge is 0.267 e. The van der Waals surface area contributed by atoms with Crippen molar-refractivity contribution in [3.8, 4) is 0 Å². The normalized spacial score (nSPS) is 10.6. The van der Waals surface area contributed by atoms with Gasteiger partial charge in [0.15, 0.2) is 0 Å². The Kier molecular flexibility index (Phi) is 4.87. The molecule has 96 valence electrons. The minimum absolute atomic E-state index is 0.237. The average Bonchev–Trinajstić information content (AvgIpc) is 2.39. The third-order valence-corrected chi connectivity index (χ3v) is 3.36. The highest BCUT2D eigenvalue weighted by molar-refractivity contribution is 9.10. The first-order valence-electron chi connectivity index (χ1n) is 5.50. The lowest BCUT2D eigenvalue weighted by atomic mass is 10.2. The molecule has 0 aliphatic carbocycles. The topological polar surface area (TPSA) is 41.5 Å². The first kappa shape index (κ1) is 14.0. The van der Waals surface area contributed by atoms with Crippen LogP contribution in [0.1, 0.15) is 15.9 Å². The van der Waals surface area contributed by atoms with Gasteiger partial charge in [-0.2, -0.15) is 5.10 Å². The molecule has 0 heterocycles. The van der Waals surface area contributed by atoms with Gasteiger partial charge in [0.25, 0.3) is 5.91 Å². The molecular weight excluding hydrogens is 372 g/mol. The Morgan fingerprint density at radius 2 is 1.79 bits per heavy atom. The molecule has 0 aromatic heterocycles. The third kappa shape index (κ3) is 4.29. The first-order chi connectivity index (χ1) is 9.15. The number of halogens is 2. The third-order valence-electron chi connectivity index (χ3n) is 2.33. The Hall–Kier alpha value is -1.46. The van der Waals surface area contributed by atoms with Gasteiger partial charge in [0.05, 0.1) is 6.21 Å². The highest BCUT2D eigenvalue weighted by atomic mass is 79.9. The Labute approximate surface area is 128 Å². The number of carbonyl (C=O) groups is 1. The van der Waals surface area contributed by atoms with Gasteiger partial charge in [-0.1, -0.05) is 44.0 Å². The van der Waals surface area contributed by atoms with Crippen molar-refractivity contribution >= 4 is 44.0 Å². The molecular formula is C14H10Br2N2O. The van der Waals surface area contributed by atoms with Crippen LogP contribution in [-0.4, -0.2) is 12.1 Å². The van der Waals surface area contributed by atoms with Crippen LogP contribution < -0.4 is 5.43 Å². The standard InChI is InChI=1S/C14H10Br2N2O/c15-12-6-4-11(5-7-12)14(19)18-17-9-10-2-1-3-13(16)8-10/h1-9H,(H,18,19). The largest absolute Gasteiger partial charge is 0.271 e. The van der Waals surface area contributed by atoms with Crippen molar-refractivity contribution in [3.63, 3.8) is 0 Å². The zero-order valence-electron chi connectivity index (χ0n) is 9.81. The molecule has 0 fully saturated rings. The summed E-state index contributed by atoms with van der Waals surface area (Å²) in [7, 11) is 0. The van der Waals surface area contributed by atoms with Crippen LogP contribution in [0.2, 0.25) is 0 Å². The molecule has 0 bridgehead atoms. The van der Waals surface area contributed by atoms with E-state index in [2.05, 4.69) is 42.4 Å². The number of nitrogens with zero attached hydrogens (tertiary/aromatic N) is 1. The second kappa shape index (κ2) is 6.63. The van der Waals surface area contributed by atoms with Gasteiger partial charge >= 0.3 is 0 Å². The number of hydrazone groups is 1. The van der Waals surface area contributed by atoms with Crippen molar-refractivity contribution in [1.82, 2.24) is 5.43 Å². The fourth-order valence-electron chi connectivity index (χ4n) is 1.42. The molecule has 0 aliphatic rings. The number of nitrogens with one attached hydrogen (secondary N) is 1. The van der Waals surface area contributed by atoms with E-state index in [1.807, 2.05) is 36.4 Å². The van der Waals surface area contributed by atoms with E-state index in [0.717, 1.165) is 14.5 Å². The van der Waals surface area contributed by atoms with Crippen molar-refractivity contribution in [2.45, 2.75) is 0 Å². The van der Waals surface area contributed by atoms with Crippen LogP contribution in [0.15, 0.2) is 62.6 Å². The highest BCUT2D eigenvalue weighted by Gasteiger charge is 2.02. The SMILES string of the molecule is O=C(NN=Cc1cccc(Br)c1)c1ccc(Br)cc1. The summed E-state index contributed by atoms with van der Waals surface area (Å²) in [4.78, 5) is 11.8. The Morgan fingerprint density at radius 3 is 2.47 bits per heavy atom. The summed E-state index contributed by atoms with van der Waals surface area (Å²) in [6.45, 7) is 0. The van der Waals surface area contributed by atoms with E-state index in [4.69, 9.17) is 0 Å². The van der Waals surface area contributed by atoms with Gasteiger partial charge in [0, 0.05) is 14.5 Å². The first-order valence-corrected chi connectivity index (χ1v) is 7.08. The zero-order valence-corrected chi connectivity index (χ0v) is 13.0. The summed E-state index contributed by atoms with van der Waals surface area (Å²) in [5, 5.41) is 3.92. The van der Waals surface area contributed by atoms with Gasteiger partial charge in [-0.3, -0.25) is 4.79 Å².